The number of hydrogen-bond donors (Lipinski definition) is 0. The van der Waals surface area contributed by atoms with Crippen LogP contribution in [0.5, 0.6) is 0 Å². The summed E-state index contributed by atoms with van der Waals surface area (Å²) in [6.07, 6.45) is 1.43. The third-order valence-electron chi connectivity index (χ3n) is 2.36. The molecule has 0 saturated heterocycles. The van der Waals surface area contributed by atoms with E-state index in [1.54, 1.807) is 13.0 Å². The first-order valence-corrected chi connectivity index (χ1v) is 4.80. The highest BCUT2D eigenvalue weighted by Gasteiger charge is 2.03. The van der Waals surface area contributed by atoms with Crippen LogP contribution in [0.2, 0.25) is 0 Å². The van der Waals surface area contributed by atoms with Crippen molar-refractivity contribution in [1.82, 2.24) is 0 Å². The summed E-state index contributed by atoms with van der Waals surface area (Å²) in [7, 11) is 0. The molecule has 0 unspecified atom stereocenters. The van der Waals surface area contributed by atoms with Crippen LogP contribution in [0.1, 0.15) is 30.0 Å². The second-order valence-electron chi connectivity index (χ2n) is 3.45. The van der Waals surface area contributed by atoms with Gasteiger partial charge in [0.15, 0.2) is 0 Å². The predicted molar refractivity (Wildman–Crippen MR) is 57.6 cm³/mol. The molecule has 0 amide bonds. The van der Waals surface area contributed by atoms with E-state index in [0.717, 1.165) is 23.1 Å². The van der Waals surface area contributed by atoms with Gasteiger partial charge in [-0.15, -0.1) is 11.8 Å². The Kier molecular flexibility index (Phi) is 3.71. The highest BCUT2D eigenvalue weighted by Crippen LogP contribution is 2.15. The Bertz CT molecular complexity index is 380. The molecule has 1 aromatic rings. The molecular weight excluding hydrogens is 175 g/mol. The SMILES string of the molecule is CC#CCCc1cc(C)c(C)cc1F. The van der Waals surface area contributed by atoms with Crippen LogP contribution in [-0.2, 0) is 6.42 Å². The summed E-state index contributed by atoms with van der Waals surface area (Å²) in [5, 5.41) is 0. The van der Waals surface area contributed by atoms with Crippen LogP contribution in [0.3, 0.4) is 0 Å². The van der Waals surface area contributed by atoms with Crippen molar-refractivity contribution in [3.8, 4) is 11.8 Å². The second kappa shape index (κ2) is 4.81. The molecule has 0 aliphatic heterocycles. The molecule has 0 heterocycles. The molecule has 74 valence electrons. The van der Waals surface area contributed by atoms with Crippen molar-refractivity contribution in [3.05, 3.63) is 34.6 Å². The van der Waals surface area contributed by atoms with Gasteiger partial charge in [-0.1, -0.05) is 6.07 Å². The average Bonchev–Trinajstić information content (AvgIpc) is 2.14. The van der Waals surface area contributed by atoms with E-state index in [9.17, 15) is 4.39 Å². The van der Waals surface area contributed by atoms with Gasteiger partial charge in [0.2, 0.25) is 0 Å². The fourth-order valence-electron chi connectivity index (χ4n) is 1.35. The average molecular weight is 190 g/mol. The Morgan fingerprint density at radius 3 is 2.50 bits per heavy atom. The van der Waals surface area contributed by atoms with Gasteiger partial charge in [-0.05, 0) is 49.9 Å². The van der Waals surface area contributed by atoms with Crippen molar-refractivity contribution in [2.45, 2.75) is 33.6 Å². The van der Waals surface area contributed by atoms with Crippen molar-refractivity contribution in [1.29, 1.82) is 0 Å². The summed E-state index contributed by atoms with van der Waals surface area (Å²) in [6, 6.07) is 3.52. The highest BCUT2D eigenvalue weighted by atomic mass is 19.1. The van der Waals surface area contributed by atoms with E-state index in [1.165, 1.54) is 0 Å². The number of benzene rings is 1. The zero-order valence-corrected chi connectivity index (χ0v) is 8.95. The van der Waals surface area contributed by atoms with E-state index >= 15 is 0 Å². The normalized spacial score (nSPS) is 9.43. The van der Waals surface area contributed by atoms with E-state index < -0.39 is 0 Å². The van der Waals surface area contributed by atoms with E-state index in [-0.39, 0.29) is 5.82 Å². The monoisotopic (exact) mass is 190 g/mol. The zero-order valence-electron chi connectivity index (χ0n) is 8.95. The largest absolute Gasteiger partial charge is 0.207 e. The minimum absolute atomic E-state index is 0.106. The van der Waals surface area contributed by atoms with Gasteiger partial charge < -0.3 is 0 Å². The van der Waals surface area contributed by atoms with E-state index in [1.807, 2.05) is 19.9 Å². The molecule has 0 aliphatic carbocycles. The quantitative estimate of drug-likeness (QED) is 0.627. The molecule has 0 fully saturated rings. The van der Waals surface area contributed by atoms with Crippen LogP contribution < -0.4 is 0 Å². The summed E-state index contributed by atoms with van der Waals surface area (Å²) in [5.41, 5.74) is 2.93. The Morgan fingerprint density at radius 1 is 1.21 bits per heavy atom. The van der Waals surface area contributed by atoms with Crippen LogP contribution in [0.4, 0.5) is 4.39 Å². The standard InChI is InChI=1S/C13H15F/c1-4-5-6-7-12-8-10(2)11(3)9-13(12)14/h8-9H,6-7H2,1-3H3. The lowest BCUT2D eigenvalue weighted by Crippen LogP contribution is -1.93. The summed E-state index contributed by atoms with van der Waals surface area (Å²) in [6.45, 7) is 5.73. The molecule has 14 heavy (non-hydrogen) atoms. The smallest absolute Gasteiger partial charge is 0.126 e. The van der Waals surface area contributed by atoms with Crippen LogP contribution in [-0.4, -0.2) is 0 Å². The predicted octanol–water partition coefficient (Wildman–Crippen LogP) is 3.40. The minimum Gasteiger partial charge on any atom is -0.207 e. The number of aryl methyl sites for hydroxylation is 3. The Morgan fingerprint density at radius 2 is 1.86 bits per heavy atom. The Labute approximate surface area is 85.2 Å². The molecule has 0 spiro atoms. The summed E-state index contributed by atoms with van der Waals surface area (Å²) >= 11 is 0. The maximum Gasteiger partial charge on any atom is 0.126 e. The van der Waals surface area contributed by atoms with E-state index in [2.05, 4.69) is 11.8 Å². The van der Waals surface area contributed by atoms with Gasteiger partial charge in [0.1, 0.15) is 5.82 Å². The van der Waals surface area contributed by atoms with Crippen molar-refractivity contribution >= 4 is 0 Å². The molecule has 0 nitrogen and oxygen atoms in total. The molecule has 0 saturated carbocycles. The van der Waals surface area contributed by atoms with E-state index in [0.29, 0.717) is 6.42 Å². The Hall–Kier alpha value is -1.29. The molecule has 1 heteroatoms. The van der Waals surface area contributed by atoms with Crippen LogP contribution in [0, 0.1) is 31.5 Å². The van der Waals surface area contributed by atoms with Gasteiger partial charge in [0.05, 0.1) is 0 Å². The van der Waals surface area contributed by atoms with Gasteiger partial charge >= 0.3 is 0 Å². The van der Waals surface area contributed by atoms with Crippen molar-refractivity contribution in [3.63, 3.8) is 0 Å². The van der Waals surface area contributed by atoms with Crippen LogP contribution >= 0.6 is 0 Å². The maximum atomic E-state index is 13.4. The molecule has 0 radical (unpaired) electrons. The molecular formula is C13H15F. The third kappa shape index (κ3) is 2.60. The first-order valence-electron chi connectivity index (χ1n) is 4.80. The molecule has 0 bridgehead atoms. The zero-order chi connectivity index (χ0) is 10.6. The van der Waals surface area contributed by atoms with Gasteiger partial charge in [0.25, 0.3) is 0 Å². The minimum atomic E-state index is -0.106. The van der Waals surface area contributed by atoms with Crippen LogP contribution in [0.25, 0.3) is 0 Å². The summed E-state index contributed by atoms with van der Waals surface area (Å²) in [4.78, 5) is 0. The van der Waals surface area contributed by atoms with E-state index in [4.69, 9.17) is 0 Å². The molecule has 0 atom stereocenters. The van der Waals surface area contributed by atoms with Gasteiger partial charge in [0, 0.05) is 6.42 Å². The van der Waals surface area contributed by atoms with Gasteiger partial charge in [-0.25, -0.2) is 4.39 Å². The fraction of sp³-hybridized carbons (Fsp3) is 0.385. The lowest BCUT2D eigenvalue weighted by molar-refractivity contribution is 0.608. The topological polar surface area (TPSA) is 0 Å². The first kappa shape index (κ1) is 10.8. The number of rotatable bonds is 2. The molecule has 1 aromatic carbocycles. The molecule has 0 N–H and O–H groups in total. The number of hydrogen-bond acceptors (Lipinski definition) is 0. The van der Waals surface area contributed by atoms with Gasteiger partial charge in [-0.3, -0.25) is 0 Å². The molecule has 1 rings (SSSR count). The summed E-state index contributed by atoms with van der Waals surface area (Å²) in [5.74, 6) is 5.65. The van der Waals surface area contributed by atoms with Crippen molar-refractivity contribution < 1.29 is 4.39 Å². The van der Waals surface area contributed by atoms with Gasteiger partial charge in [-0.2, -0.15) is 0 Å². The van der Waals surface area contributed by atoms with Crippen LogP contribution in [0.15, 0.2) is 12.1 Å². The fourth-order valence-corrected chi connectivity index (χ4v) is 1.35. The van der Waals surface area contributed by atoms with Crippen molar-refractivity contribution in [2.75, 3.05) is 0 Å². The lowest BCUT2D eigenvalue weighted by atomic mass is 10.0. The molecule has 0 aromatic heterocycles. The second-order valence-corrected chi connectivity index (χ2v) is 3.45. The first-order chi connectivity index (χ1) is 6.65. The molecule has 0 aliphatic rings. The third-order valence-corrected chi connectivity index (χ3v) is 2.36. The Balaban J connectivity index is 2.85. The lowest BCUT2D eigenvalue weighted by Gasteiger charge is -2.05. The van der Waals surface area contributed by atoms with Crippen molar-refractivity contribution in [2.24, 2.45) is 0 Å². The summed E-state index contributed by atoms with van der Waals surface area (Å²) < 4.78 is 13.4. The maximum absolute atomic E-state index is 13.4. The highest BCUT2D eigenvalue weighted by molar-refractivity contribution is 5.31. The number of halogens is 1.